The van der Waals surface area contributed by atoms with Crippen LogP contribution in [0.3, 0.4) is 0 Å². The Labute approximate surface area is 123 Å². The SMILES string of the molecule is CNC1CCCc2cn(Cc3ccc(Cl)cc3F)cc21. The van der Waals surface area contributed by atoms with E-state index in [1.54, 1.807) is 12.1 Å². The van der Waals surface area contributed by atoms with Gasteiger partial charge >= 0.3 is 0 Å². The van der Waals surface area contributed by atoms with Crippen LogP contribution in [0.1, 0.15) is 35.6 Å². The lowest BCUT2D eigenvalue weighted by atomic mass is 9.91. The molecule has 1 unspecified atom stereocenters. The molecule has 0 saturated heterocycles. The number of fused-ring (bicyclic) bond motifs is 1. The summed E-state index contributed by atoms with van der Waals surface area (Å²) in [5.74, 6) is -0.241. The monoisotopic (exact) mass is 292 g/mol. The fourth-order valence-electron chi connectivity index (χ4n) is 2.99. The van der Waals surface area contributed by atoms with E-state index < -0.39 is 0 Å². The quantitative estimate of drug-likeness (QED) is 0.907. The third kappa shape index (κ3) is 2.60. The van der Waals surface area contributed by atoms with Crippen molar-refractivity contribution in [3.05, 3.63) is 58.1 Å². The summed E-state index contributed by atoms with van der Waals surface area (Å²) < 4.78 is 15.9. The summed E-state index contributed by atoms with van der Waals surface area (Å²) in [4.78, 5) is 0. The molecule has 3 rings (SSSR count). The van der Waals surface area contributed by atoms with Crippen molar-refractivity contribution in [1.29, 1.82) is 0 Å². The Balaban J connectivity index is 1.87. The first-order valence-corrected chi connectivity index (χ1v) is 7.35. The molecule has 2 aromatic rings. The van der Waals surface area contributed by atoms with Crippen molar-refractivity contribution in [3.8, 4) is 0 Å². The number of rotatable bonds is 3. The predicted molar refractivity (Wildman–Crippen MR) is 79.7 cm³/mol. The Kier molecular flexibility index (Phi) is 3.81. The van der Waals surface area contributed by atoms with Crippen LogP contribution < -0.4 is 5.32 Å². The van der Waals surface area contributed by atoms with Crippen molar-refractivity contribution in [2.24, 2.45) is 0 Å². The van der Waals surface area contributed by atoms with Crippen LogP contribution >= 0.6 is 11.6 Å². The molecule has 0 spiro atoms. The summed E-state index contributed by atoms with van der Waals surface area (Å²) in [5, 5.41) is 3.79. The zero-order chi connectivity index (χ0) is 14.1. The number of hydrogen-bond donors (Lipinski definition) is 1. The topological polar surface area (TPSA) is 17.0 Å². The Hall–Kier alpha value is -1.32. The van der Waals surface area contributed by atoms with Crippen molar-refractivity contribution >= 4 is 11.6 Å². The van der Waals surface area contributed by atoms with Crippen LogP contribution in [0, 0.1) is 5.82 Å². The van der Waals surface area contributed by atoms with Gasteiger partial charge < -0.3 is 9.88 Å². The fourth-order valence-corrected chi connectivity index (χ4v) is 3.14. The maximum absolute atomic E-state index is 13.9. The van der Waals surface area contributed by atoms with E-state index in [9.17, 15) is 4.39 Å². The summed E-state index contributed by atoms with van der Waals surface area (Å²) in [7, 11) is 2.00. The molecule has 1 atom stereocenters. The molecule has 1 aliphatic rings. The van der Waals surface area contributed by atoms with E-state index in [4.69, 9.17) is 11.6 Å². The highest BCUT2D eigenvalue weighted by Crippen LogP contribution is 2.30. The number of nitrogens with one attached hydrogen (secondary N) is 1. The molecule has 0 fully saturated rings. The maximum atomic E-state index is 13.9. The van der Waals surface area contributed by atoms with Crippen LogP contribution in [0.25, 0.3) is 0 Å². The molecule has 1 aromatic heterocycles. The van der Waals surface area contributed by atoms with E-state index in [-0.39, 0.29) is 5.82 Å². The van der Waals surface area contributed by atoms with E-state index in [1.165, 1.54) is 30.0 Å². The average molecular weight is 293 g/mol. The van der Waals surface area contributed by atoms with Gasteiger partial charge in [0, 0.05) is 35.6 Å². The van der Waals surface area contributed by atoms with E-state index in [1.807, 2.05) is 7.05 Å². The van der Waals surface area contributed by atoms with Gasteiger partial charge in [0.25, 0.3) is 0 Å². The lowest BCUT2D eigenvalue weighted by Crippen LogP contribution is -2.20. The first-order valence-electron chi connectivity index (χ1n) is 6.97. The van der Waals surface area contributed by atoms with Crippen LogP contribution in [0.15, 0.2) is 30.6 Å². The zero-order valence-electron chi connectivity index (χ0n) is 11.5. The number of benzene rings is 1. The van der Waals surface area contributed by atoms with Gasteiger partial charge in [-0.25, -0.2) is 4.39 Å². The highest BCUT2D eigenvalue weighted by Gasteiger charge is 2.20. The van der Waals surface area contributed by atoms with E-state index >= 15 is 0 Å². The van der Waals surface area contributed by atoms with Crippen LogP contribution in [-0.4, -0.2) is 11.6 Å². The lowest BCUT2D eigenvalue weighted by Gasteiger charge is -2.21. The molecule has 1 N–H and O–H groups in total. The minimum absolute atomic E-state index is 0.241. The molecule has 0 aliphatic heterocycles. The standard InChI is InChI=1S/C16H18ClFN2/c1-19-16-4-2-3-11-8-20(10-14(11)16)9-12-5-6-13(17)7-15(12)18/h5-8,10,16,19H,2-4,9H2,1H3. The minimum atomic E-state index is -0.241. The molecule has 1 aromatic carbocycles. The Morgan fingerprint density at radius 2 is 2.25 bits per heavy atom. The molecular formula is C16H18ClFN2. The van der Waals surface area contributed by atoms with E-state index in [0.29, 0.717) is 23.2 Å². The lowest BCUT2D eigenvalue weighted by molar-refractivity contribution is 0.498. The normalized spacial score (nSPS) is 18.1. The van der Waals surface area contributed by atoms with Crippen molar-refractivity contribution in [2.75, 3.05) is 7.05 Å². The summed E-state index contributed by atoms with van der Waals surface area (Å²) in [5.41, 5.74) is 3.40. The van der Waals surface area contributed by atoms with Crippen molar-refractivity contribution < 1.29 is 4.39 Å². The Morgan fingerprint density at radius 1 is 1.40 bits per heavy atom. The summed E-state index contributed by atoms with van der Waals surface area (Å²) in [6.07, 6.45) is 7.78. The molecule has 20 heavy (non-hydrogen) atoms. The van der Waals surface area contributed by atoms with Crippen molar-refractivity contribution in [2.45, 2.75) is 31.8 Å². The second kappa shape index (κ2) is 5.58. The van der Waals surface area contributed by atoms with Crippen LogP contribution in [0.4, 0.5) is 4.39 Å². The number of aromatic nitrogens is 1. The second-order valence-corrected chi connectivity index (χ2v) is 5.82. The third-order valence-corrected chi connectivity index (χ3v) is 4.26. The first kappa shape index (κ1) is 13.7. The van der Waals surface area contributed by atoms with Gasteiger partial charge in [-0.3, -0.25) is 0 Å². The number of aryl methyl sites for hydroxylation is 1. The van der Waals surface area contributed by atoms with Crippen LogP contribution in [0.2, 0.25) is 5.02 Å². The number of nitrogens with zero attached hydrogens (tertiary/aromatic N) is 1. The fraction of sp³-hybridized carbons (Fsp3) is 0.375. The molecule has 0 amide bonds. The zero-order valence-corrected chi connectivity index (χ0v) is 12.3. The van der Waals surface area contributed by atoms with Crippen LogP contribution in [0.5, 0.6) is 0 Å². The first-order chi connectivity index (χ1) is 9.67. The average Bonchev–Trinajstić information content (AvgIpc) is 2.84. The molecule has 1 aliphatic carbocycles. The molecular weight excluding hydrogens is 275 g/mol. The van der Waals surface area contributed by atoms with Gasteiger partial charge in [0.2, 0.25) is 0 Å². The largest absolute Gasteiger partial charge is 0.349 e. The Morgan fingerprint density at radius 3 is 3.00 bits per heavy atom. The molecule has 0 saturated carbocycles. The van der Waals surface area contributed by atoms with Gasteiger partial charge in [-0.1, -0.05) is 17.7 Å². The molecule has 4 heteroatoms. The van der Waals surface area contributed by atoms with E-state index in [0.717, 1.165) is 6.42 Å². The molecule has 106 valence electrons. The van der Waals surface area contributed by atoms with Gasteiger partial charge in [-0.2, -0.15) is 0 Å². The van der Waals surface area contributed by atoms with Gasteiger partial charge in [0.1, 0.15) is 5.82 Å². The second-order valence-electron chi connectivity index (χ2n) is 5.38. The molecule has 0 bridgehead atoms. The minimum Gasteiger partial charge on any atom is -0.349 e. The van der Waals surface area contributed by atoms with Crippen molar-refractivity contribution in [1.82, 2.24) is 9.88 Å². The highest BCUT2D eigenvalue weighted by atomic mass is 35.5. The van der Waals surface area contributed by atoms with Gasteiger partial charge in [-0.05, 0) is 49.6 Å². The summed E-state index contributed by atoms with van der Waals surface area (Å²) in [6, 6.07) is 5.29. The molecule has 2 nitrogen and oxygen atoms in total. The Bertz CT molecular complexity index is 621. The maximum Gasteiger partial charge on any atom is 0.129 e. The van der Waals surface area contributed by atoms with E-state index in [2.05, 4.69) is 22.3 Å². The van der Waals surface area contributed by atoms with Gasteiger partial charge in [0.15, 0.2) is 0 Å². The number of hydrogen-bond acceptors (Lipinski definition) is 1. The van der Waals surface area contributed by atoms with Crippen molar-refractivity contribution in [3.63, 3.8) is 0 Å². The van der Waals surface area contributed by atoms with Crippen LogP contribution in [-0.2, 0) is 13.0 Å². The molecule has 1 heterocycles. The third-order valence-electron chi connectivity index (χ3n) is 4.03. The van der Waals surface area contributed by atoms with Gasteiger partial charge in [-0.15, -0.1) is 0 Å². The predicted octanol–water partition coefficient (Wildman–Crippen LogP) is 3.93. The molecule has 0 radical (unpaired) electrons. The smallest absolute Gasteiger partial charge is 0.129 e. The van der Waals surface area contributed by atoms with Gasteiger partial charge in [0.05, 0.1) is 0 Å². The number of halogens is 2. The highest BCUT2D eigenvalue weighted by molar-refractivity contribution is 6.30. The summed E-state index contributed by atoms with van der Waals surface area (Å²) in [6.45, 7) is 0.548. The summed E-state index contributed by atoms with van der Waals surface area (Å²) >= 11 is 5.79.